The fourth-order valence-electron chi connectivity index (χ4n) is 0.767. The summed E-state index contributed by atoms with van der Waals surface area (Å²) in [6.07, 6.45) is 0. The Morgan fingerprint density at radius 3 is 2.92 bits per heavy atom. The van der Waals surface area contributed by atoms with Crippen LogP contribution in [0.5, 0.6) is 0 Å². The molecule has 0 fully saturated rings. The molecular formula is C8H9Cl2N3. The highest BCUT2D eigenvalue weighted by molar-refractivity contribution is 6.30. The number of hydrogen-bond acceptors (Lipinski definition) is 3. The van der Waals surface area contributed by atoms with Gasteiger partial charge in [-0.15, -0.1) is 0 Å². The van der Waals surface area contributed by atoms with Crippen LogP contribution < -0.4 is 11.1 Å². The Hall–Kier alpha value is -0.930. The highest BCUT2D eigenvalue weighted by Crippen LogP contribution is 2.18. The first-order valence-corrected chi connectivity index (χ1v) is 4.34. The Kier molecular flexibility index (Phi) is 3.39. The van der Waals surface area contributed by atoms with Crippen LogP contribution >= 0.6 is 23.2 Å². The highest BCUT2D eigenvalue weighted by Gasteiger charge is 2.00. The second kappa shape index (κ2) is 4.35. The topological polar surface area (TPSA) is 50.9 Å². The van der Waals surface area contributed by atoms with Gasteiger partial charge in [-0.1, -0.05) is 29.8 Å². The third-order valence-electron chi connectivity index (χ3n) is 1.34. The van der Waals surface area contributed by atoms with Crippen molar-refractivity contribution in [3.05, 3.63) is 28.9 Å². The van der Waals surface area contributed by atoms with Gasteiger partial charge in [-0.2, -0.15) is 0 Å². The Morgan fingerprint density at radius 2 is 2.31 bits per heavy atom. The van der Waals surface area contributed by atoms with Crippen molar-refractivity contribution in [2.24, 2.45) is 0 Å². The van der Waals surface area contributed by atoms with Gasteiger partial charge in [-0.25, -0.2) is 4.98 Å². The van der Waals surface area contributed by atoms with Crippen molar-refractivity contribution in [1.29, 1.82) is 0 Å². The lowest BCUT2D eigenvalue weighted by Crippen LogP contribution is -2.05. The van der Waals surface area contributed by atoms with Crippen molar-refractivity contribution in [3.8, 4) is 0 Å². The van der Waals surface area contributed by atoms with Crippen LogP contribution in [0.4, 0.5) is 11.5 Å². The molecule has 0 saturated heterocycles. The van der Waals surface area contributed by atoms with Crippen LogP contribution in [-0.2, 0) is 0 Å². The summed E-state index contributed by atoms with van der Waals surface area (Å²) in [4.78, 5) is 3.97. The molecule has 13 heavy (non-hydrogen) atoms. The van der Waals surface area contributed by atoms with E-state index < -0.39 is 0 Å². The van der Waals surface area contributed by atoms with Gasteiger partial charge < -0.3 is 11.1 Å². The summed E-state index contributed by atoms with van der Waals surface area (Å²) in [6.45, 7) is 3.94. The van der Waals surface area contributed by atoms with E-state index in [9.17, 15) is 0 Å². The number of pyridine rings is 1. The van der Waals surface area contributed by atoms with Gasteiger partial charge in [0, 0.05) is 5.03 Å². The molecule has 0 saturated carbocycles. The number of nitrogen functional groups attached to an aromatic ring is 1. The molecule has 0 bridgehead atoms. The minimum absolute atomic E-state index is 0.386. The first-order chi connectivity index (χ1) is 6.09. The van der Waals surface area contributed by atoms with Crippen LogP contribution in [0.2, 0.25) is 5.15 Å². The smallest absolute Gasteiger partial charge is 0.151 e. The van der Waals surface area contributed by atoms with Gasteiger partial charge in [0.15, 0.2) is 5.82 Å². The summed E-state index contributed by atoms with van der Waals surface area (Å²) < 4.78 is 0. The van der Waals surface area contributed by atoms with Crippen LogP contribution in [0.3, 0.4) is 0 Å². The fraction of sp³-hybridized carbons (Fsp3) is 0.125. The number of anilines is 2. The maximum Gasteiger partial charge on any atom is 0.151 e. The zero-order chi connectivity index (χ0) is 9.84. The van der Waals surface area contributed by atoms with Crippen LogP contribution in [0, 0.1) is 0 Å². The van der Waals surface area contributed by atoms with Crippen LogP contribution in [-0.4, -0.2) is 11.5 Å². The number of nitrogens with one attached hydrogen (secondary N) is 1. The molecule has 70 valence electrons. The molecule has 0 spiro atoms. The predicted octanol–water partition coefficient (Wildman–Crippen LogP) is 2.48. The normalized spacial score (nSPS) is 9.69. The average molecular weight is 218 g/mol. The van der Waals surface area contributed by atoms with Crippen molar-refractivity contribution in [2.45, 2.75) is 0 Å². The van der Waals surface area contributed by atoms with Gasteiger partial charge in [0.2, 0.25) is 0 Å². The number of rotatable bonds is 3. The molecule has 0 aliphatic heterocycles. The molecule has 0 amide bonds. The van der Waals surface area contributed by atoms with E-state index in [1.165, 1.54) is 0 Å². The molecule has 0 unspecified atom stereocenters. The molecule has 0 aromatic carbocycles. The Bertz CT molecular complexity index is 325. The quantitative estimate of drug-likeness (QED) is 0.766. The minimum atomic E-state index is 0.386. The zero-order valence-corrected chi connectivity index (χ0v) is 8.36. The molecular weight excluding hydrogens is 209 g/mol. The van der Waals surface area contributed by atoms with Crippen molar-refractivity contribution < 1.29 is 0 Å². The largest absolute Gasteiger partial charge is 0.396 e. The standard InChI is InChI=1S/C8H9Cl2N3/c1-5(9)4-12-8-6(11)2-3-7(10)13-8/h2-3H,1,4,11H2,(H,12,13). The summed E-state index contributed by atoms with van der Waals surface area (Å²) >= 11 is 11.2. The van der Waals surface area contributed by atoms with Crippen LogP contribution in [0.1, 0.15) is 0 Å². The second-order valence-electron chi connectivity index (χ2n) is 2.44. The van der Waals surface area contributed by atoms with E-state index in [-0.39, 0.29) is 0 Å². The molecule has 1 aromatic heterocycles. The van der Waals surface area contributed by atoms with E-state index in [0.717, 1.165) is 0 Å². The van der Waals surface area contributed by atoms with E-state index in [2.05, 4.69) is 16.9 Å². The lowest BCUT2D eigenvalue weighted by Gasteiger charge is -2.06. The molecule has 0 radical (unpaired) electrons. The molecule has 3 nitrogen and oxygen atoms in total. The average Bonchev–Trinajstić information content (AvgIpc) is 2.06. The number of aromatic nitrogens is 1. The Balaban J connectivity index is 2.75. The van der Waals surface area contributed by atoms with E-state index in [1.807, 2.05) is 0 Å². The van der Waals surface area contributed by atoms with Gasteiger partial charge in [-0.3, -0.25) is 0 Å². The lowest BCUT2D eigenvalue weighted by molar-refractivity contribution is 1.22. The van der Waals surface area contributed by atoms with E-state index >= 15 is 0 Å². The van der Waals surface area contributed by atoms with Gasteiger partial charge in [0.25, 0.3) is 0 Å². The summed E-state index contributed by atoms with van der Waals surface area (Å²) in [5.74, 6) is 0.523. The van der Waals surface area contributed by atoms with Crippen molar-refractivity contribution in [3.63, 3.8) is 0 Å². The molecule has 1 heterocycles. The monoisotopic (exact) mass is 217 g/mol. The third-order valence-corrected chi connectivity index (χ3v) is 1.68. The van der Waals surface area contributed by atoms with Gasteiger partial charge in [0.1, 0.15) is 5.15 Å². The van der Waals surface area contributed by atoms with Gasteiger partial charge in [0.05, 0.1) is 12.2 Å². The molecule has 1 rings (SSSR count). The zero-order valence-electron chi connectivity index (χ0n) is 6.85. The van der Waals surface area contributed by atoms with Crippen molar-refractivity contribution >= 4 is 34.7 Å². The fourth-order valence-corrected chi connectivity index (χ4v) is 0.982. The van der Waals surface area contributed by atoms with Crippen LogP contribution in [0.25, 0.3) is 0 Å². The Morgan fingerprint density at radius 1 is 1.62 bits per heavy atom. The second-order valence-corrected chi connectivity index (χ2v) is 3.36. The van der Waals surface area contributed by atoms with Crippen LogP contribution in [0.15, 0.2) is 23.7 Å². The molecule has 0 aliphatic carbocycles. The third kappa shape index (κ3) is 3.13. The highest BCUT2D eigenvalue weighted by atomic mass is 35.5. The number of nitrogens with zero attached hydrogens (tertiary/aromatic N) is 1. The first kappa shape index (κ1) is 10.2. The molecule has 0 aliphatic rings. The maximum absolute atomic E-state index is 5.67. The summed E-state index contributed by atoms with van der Waals surface area (Å²) in [6, 6.07) is 3.30. The SMILES string of the molecule is C=C(Cl)CNc1nc(Cl)ccc1N. The summed E-state index contributed by atoms with van der Waals surface area (Å²) in [7, 11) is 0. The van der Waals surface area contributed by atoms with Crippen molar-refractivity contribution in [1.82, 2.24) is 4.98 Å². The molecule has 0 atom stereocenters. The van der Waals surface area contributed by atoms with Gasteiger partial charge >= 0.3 is 0 Å². The molecule has 5 heteroatoms. The Labute approximate surface area is 86.6 Å². The minimum Gasteiger partial charge on any atom is -0.396 e. The van der Waals surface area contributed by atoms with Crippen molar-refractivity contribution in [2.75, 3.05) is 17.6 Å². The number of halogens is 2. The molecule has 1 aromatic rings. The number of nitrogens with two attached hydrogens (primary N) is 1. The summed E-state index contributed by atoms with van der Waals surface area (Å²) in [5, 5.41) is 3.77. The lowest BCUT2D eigenvalue weighted by atomic mass is 10.4. The molecule has 3 N–H and O–H groups in total. The number of hydrogen-bond donors (Lipinski definition) is 2. The van der Waals surface area contributed by atoms with Gasteiger partial charge in [-0.05, 0) is 12.1 Å². The maximum atomic E-state index is 5.67. The van der Waals surface area contributed by atoms with E-state index in [1.54, 1.807) is 12.1 Å². The van der Waals surface area contributed by atoms with E-state index in [0.29, 0.717) is 28.2 Å². The predicted molar refractivity (Wildman–Crippen MR) is 57.1 cm³/mol. The summed E-state index contributed by atoms with van der Waals surface area (Å²) in [5.41, 5.74) is 6.15. The first-order valence-electron chi connectivity index (χ1n) is 3.59. The van der Waals surface area contributed by atoms with E-state index in [4.69, 9.17) is 28.9 Å².